The molecule has 2 aliphatic heterocycles. The number of rotatable bonds is 2. The van der Waals surface area contributed by atoms with Crippen molar-refractivity contribution in [3.8, 4) is 0 Å². The molecule has 0 aliphatic carbocycles. The average molecular weight is 263 g/mol. The van der Waals surface area contributed by atoms with Gasteiger partial charge in [-0.25, -0.2) is 4.79 Å². The van der Waals surface area contributed by atoms with Gasteiger partial charge in [0.25, 0.3) is 0 Å². The maximum Gasteiger partial charge on any atom is 0.408 e. The van der Waals surface area contributed by atoms with Crippen LogP contribution >= 0.6 is 0 Å². The predicted octanol–water partition coefficient (Wildman–Crippen LogP) is 1.99. The largest absolute Gasteiger partial charge is 0.441 e. The predicted molar refractivity (Wildman–Crippen MR) is 67.5 cm³/mol. The van der Waals surface area contributed by atoms with Crippen molar-refractivity contribution in [3.63, 3.8) is 0 Å². The van der Waals surface area contributed by atoms with E-state index in [9.17, 15) is 4.79 Å². The van der Waals surface area contributed by atoms with Crippen molar-refractivity contribution >= 4 is 6.09 Å². The second-order valence-electron chi connectivity index (χ2n) is 5.27. The summed E-state index contributed by atoms with van der Waals surface area (Å²) in [6.07, 6.45) is -1.03. The molecule has 3 rings (SSSR count). The first-order valence-electron chi connectivity index (χ1n) is 6.39. The van der Waals surface area contributed by atoms with Gasteiger partial charge in [0.1, 0.15) is 6.10 Å². The van der Waals surface area contributed by atoms with Crippen LogP contribution in [0.1, 0.15) is 25.5 Å². The summed E-state index contributed by atoms with van der Waals surface area (Å²) in [7, 11) is 0. The Kier molecular flexibility index (Phi) is 2.95. The zero-order chi connectivity index (χ0) is 13.5. The van der Waals surface area contributed by atoms with E-state index in [1.165, 1.54) is 0 Å². The molecular weight excluding hydrogens is 246 g/mol. The Hall–Kier alpha value is -1.59. The van der Waals surface area contributed by atoms with Gasteiger partial charge in [0, 0.05) is 0 Å². The molecule has 3 atom stereocenters. The van der Waals surface area contributed by atoms with Gasteiger partial charge in [-0.15, -0.1) is 0 Å². The fourth-order valence-corrected chi connectivity index (χ4v) is 2.54. The Morgan fingerprint density at radius 1 is 1.26 bits per heavy atom. The highest BCUT2D eigenvalue weighted by Gasteiger charge is 2.46. The number of amides is 1. The van der Waals surface area contributed by atoms with Crippen molar-refractivity contribution < 1.29 is 19.0 Å². The summed E-state index contributed by atoms with van der Waals surface area (Å²) in [6, 6.07) is 9.55. The summed E-state index contributed by atoms with van der Waals surface area (Å²) in [4.78, 5) is 11.5. The van der Waals surface area contributed by atoms with E-state index in [1.54, 1.807) is 0 Å². The van der Waals surface area contributed by atoms with Crippen LogP contribution in [0.15, 0.2) is 30.3 Å². The van der Waals surface area contributed by atoms with Crippen LogP contribution in [0.5, 0.6) is 0 Å². The van der Waals surface area contributed by atoms with Gasteiger partial charge in [-0.1, -0.05) is 30.3 Å². The summed E-state index contributed by atoms with van der Waals surface area (Å²) in [5, 5.41) is 2.83. The van der Waals surface area contributed by atoms with Gasteiger partial charge in [0.15, 0.2) is 11.9 Å². The number of hydrogen-bond donors (Lipinski definition) is 1. The lowest BCUT2D eigenvalue weighted by molar-refractivity contribution is -0.150. The summed E-state index contributed by atoms with van der Waals surface area (Å²) < 4.78 is 16.7. The number of benzene rings is 1. The second kappa shape index (κ2) is 4.51. The third-order valence-corrected chi connectivity index (χ3v) is 3.40. The van der Waals surface area contributed by atoms with E-state index in [0.717, 1.165) is 5.56 Å². The molecular formula is C14H17NO4. The Morgan fingerprint density at radius 3 is 2.63 bits per heavy atom. The number of alkyl carbamates (subject to hydrolysis) is 1. The van der Waals surface area contributed by atoms with E-state index >= 15 is 0 Å². The van der Waals surface area contributed by atoms with Gasteiger partial charge in [-0.2, -0.15) is 0 Å². The highest BCUT2D eigenvalue weighted by Crippen LogP contribution is 2.33. The molecule has 0 bridgehead atoms. The lowest BCUT2D eigenvalue weighted by atomic mass is 9.99. The molecule has 2 heterocycles. The molecule has 0 aromatic heterocycles. The zero-order valence-electron chi connectivity index (χ0n) is 11.0. The van der Waals surface area contributed by atoms with Crippen molar-refractivity contribution in [2.24, 2.45) is 0 Å². The van der Waals surface area contributed by atoms with Gasteiger partial charge in [-0.05, 0) is 19.4 Å². The Morgan fingerprint density at radius 2 is 2.00 bits per heavy atom. The normalized spacial score (nSPS) is 32.9. The molecule has 2 saturated heterocycles. The Balaban J connectivity index is 1.82. The van der Waals surface area contributed by atoms with E-state index in [2.05, 4.69) is 5.32 Å². The fourth-order valence-electron chi connectivity index (χ4n) is 2.54. The number of hydrogen-bond acceptors (Lipinski definition) is 4. The zero-order valence-corrected chi connectivity index (χ0v) is 11.0. The maximum atomic E-state index is 11.5. The lowest BCUT2D eigenvalue weighted by Gasteiger charge is -2.23. The highest BCUT2D eigenvalue weighted by atomic mass is 16.8. The van der Waals surface area contributed by atoms with E-state index in [0.29, 0.717) is 6.61 Å². The van der Waals surface area contributed by atoms with Crippen LogP contribution in [0.25, 0.3) is 0 Å². The molecule has 1 aromatic rings. The molecule has 5 nitrogen and oxygen atoms in total. The Labute approximate surface area is 111 Å². The van der Waals surface area contributed by atoms with Crippen LogP contribution < -0.4 is 5.32 Å². The topological polar surface area (TPSA) is 56.8 Å². The van der Waals surface area contributed by atoms with E-state index in [4.69, 9.17) is 14.2 Å². The molecule has 5 heteroatoms. The van der Waals surface area contributed by atoms with Crippen molar-refractivity contribution in [1.82, 2.24) is 5.32 Å². The first-order chi connectivity index (χ1) is 9.05. The minimum atomic E-state index is -0.624. The molecule has 102 valence electrons. The van der Waals surface area contributed by atoms with Gasteiger partial charge in [0.2, 0.25) is 0 Å². The summed E-state index contributed by atoms with van der Waals surface area (Å²) in [5.41, 5.74) is 1.01. The lowest BCUT2D eigenvalue weighted by Crippen LogP contribution is -2.35. The first-order valence-corrected chi connectivity index (χ1v) is 6.39. The van der Waals surface area contributed by atoms with E-state index in [1.807, 2.05) is 44.2 Å². The molecule has 1 aromatic carbocycles. The molecule has 19 heavy (non-hydrogen) atoms. The van der Waals surface area contributed by atoms with E-state index in [-0.39, 0.29) is 18.2 Å². The number of carbonyl (C=O) groups is 1. The SMILES string of the molecule is CC1(C)OC[C@H]([C@@H]2OC(=O)N[C@H]2c2ccccc2)O1. The van der Waals surface area contributed by atoms with Crippen molar-refractivity contribution in [2.45, 2.75) is 37.9 Å². The highest BCUT2D eigenvalue weighted by molar-refractivity contribution is 5.71. The first kappa shape index (κ1) is 12.4. The van der Waals surface area contributed by atoms with Crippen molar-refractivity contribution in [2.75, 3.05) is 6.61 Å². The van der Waals surface area contributed by atoms with Crippen LogP contribution in [0.2, 0.25) is 0 Å². The number of carbonyl (C=O) groups excluding carboxylic acids is 1. The second-order valence-corrected chi connectivity index (χ2v) is 5.27. The standard InChI is InChI=1S/C14H17NO4/c1-14(2)17-8-10(19-14)12-11(15-13(16)18-12)9-6-4-3-5-7-9/h3-7,10-12H,8H2,1-2H3,(H,15,16)/t10-,11+,12+/m1/s1. The third kappa shape index (κ3) is 2.43. The Bertz CT molecular complexity index is 474. The summed E-state index contributed by atoms with van der Waals surface area (Å²) in [5.74, 6) is -0.624. The van der Waals surface area contributed by atoms with Crippen LogP contribution in [-0.4, -0.2) is 30.7 Å². The van der Waals surface area contributed by atoms with Crippen molar-refractivity contribution in [1.29, 1.82) is 0 Å². The molecule has 0 spiro atoms. The summed E-state index contributed by atoms with van der Waals surface area (Å²) >= 11 is 0. The molecule has 1 amide bonds. The molecule has 0 radical (unpaired) electrons. The van der Waals surface area contributed by atoms with Gasteiger partial charge < -0.3 is 19.5 Å². The molecule has 2 aliphatic rings. The minimum absolute atomic E-state index is 0.198. The summed E-state index contributed by atoms with van der Waals surface area (Å²) in [6.45, 7) is 4.14. The van der Waals surface area contributed by atoms with Crippen molar-refractivity contribution in [3.05, 3.63) is 35.9 Å². The fraction of sp³-hybridized carbons (Fsp3) is 0.500. The average Bonchev–Trinajstić information content (AvgIpc) is 2.93. The van der Waals surface area contributed by atoms with Crippen LogP contribution in [0.3, 0.4) is 0 Å². The monoisotopic (exact) mass is 263 g/mol. The molecule has 0 saturated carbocycles. The van der Waals surface area contributed by atoms with Gasteiger partial charge in [-0.3, -0.25) is 0 Å². The number of nitrogens with one attached hydrogen (secondary N) is 1. The molecule has 1 N–H and O–H groups in total. The molecule has 2 fully saturated rings. The third-order valence-electron chi connectivity index (χ3n) is 3.40. The smallest absolute Gasteiger partial charge is 0.408 e. The number of cyclic esters (lactones) is 1. The van der Waals surface area contributed by atoms with Crippen LogP contribution in [-0.2, 0) is 14.2 Å². The van der Waals surface area contributed by atoms with Gasteiger partial charge >= 0.3 is 6.09 Å². The molecule has 0 unspecified atom stereocenters. The van der Waals surface area contributed by atoms with Gasteiger partial charge in [0.05, 0.1) is 12.6 Å². The quantitative estimate of drug-likeness (QED) is 0.886. The van der Waals surface area contributed by atoms with Crippen LogP contribution in [0, 0.1) is 0 Å². The maximum absolute atomic E-state index is 11.5. The number of ether oxygens (including phenoxy) is 3. The van der Waals surface area contributed by atoms with E-state index < -0.39 is 11.9 Å². The minimum Gasteiger partial charge on any atom is -0.441 e. The van der Waals surface area contributed by atoms with Crippen LogP contribution in [0.4, 0.5) is 4.79 Å².